The summed E-state index contributed by atoms with van der Waals surface area (Å²) in [6.07, 6.45) is 4.42. The molecule has 57 heavy (non-hydrogen) atoms. The Bertz CT molecular complexity index is 3470. The highest BCUT2D eigenvalue weighted by atomic mass is 32.1. The molecule has 0 spiro atoms. The number of aromatic nitrogens is 5. The van der Waals surface area contributed by atoms with Crippen molar-refractivity contribution in [2.75, 3.05) is 0 Å². The molecule has 0 radical (unpaired) electrons. The first-order valence-electron chi connectivity index (χ1n) is 18.9. The van der Waals surface area contributed by atoms with E-state index in [0.717, 1.165) is 71.8 Å². The van der Waals surface area contributed by atoms with E-state index in [0.29, 0.717) is 17.5 Å². The van der Waals surface area contributed by atoms with Crippen LogP contribution in [0.2, 0.25) is 0 Å². The van der Waals surface area contributed by atoms with Gasteiger partial charge in [0.2, 0.25) is 5.69 Å². The summed E-state index contributed by atoms with van der Waals surface area (Å²) >= 11 is 1.79. The summed E-state index contributed by atoms with van der Waals surface area (Å²) in [4.78, 5) is 15.1. The summed E-state index contributed by atoms with van der Waals surface area (Å²) in [5, 5.41) is 6.92. The monoisotopic (exact) mass is 748 g/mol. The summed E-state index contributed by atoms with van der Waals surface area (Å²) in [5.41, 5.74) is 9.09. The van der Waals surface area contributed by atoms with Crippen LogP contribution >= 0.6 is 11.3 Å². The molecule has 0 saturated heterocycles. The second-order valence-electron chi connectivity index (χ2n) is 14.3. The Labute approximate surface area is 330 Å². The number of nitrogens with zero attached hydrogens (tertiary/aromatic N) is 5. The first kappa shape index (κ1) is 31.8. The van der Waals surface area contributed by atoms with Gasteiger partial charge in [-0.25, -0.2) is 15.0 Å². The minimum Gasteiger partial charge on any atom is -0.456 e. The third-order valence-electron chi connectivity index (χ3n) is 11.0. The van der Waals surface area contributed by atoms with Crippen LogP contribution in [0.25, 0.3) is 109 Å². The van der Waals surface area contributed by atoms with Crippen molar-refractivity contribution in [1.82, 2.24) is 19.5 Å². The molecule has 12 aromatic rings. The molecule has 266 valence electrons. The van der Waals surface area contributed by atoms with Gasteiger partial charge in [0, 0.05) is 83.0 Å². The Kier molecular flexibility index (Phi) is 7.00. The van der Waals surface area contributed by atoms with Gasteiger partial charge < -0.3 is 8.98 Å². The number of para-hydroxylation sites is 2. The third-order valence-corrected chi connectivity index (χ3v) is 12.1. The van der Waals surface area contributed by atoms with Crippen LogP contribution in [0, 0.1) is 0 Å². The maximum Gasteiger partial charge on any atom is 0.211 e. The summed E-state index contributed by atoms with van der Waals surface area (Å²) in [5.74, 6) is 1.95. The second kappa shape index (κ2) is 12.5. The standard InChI is InChI=1S/C50H30N5OS/c1-3-12-31(13-4-1)48-51-49(32-14-5-2-6-15-32)53-50(52-48)38-18-11-21-46-47(38)40-30-54(27-26-45(40)57-46)33-23-25-42-39(28-33)35-16-7-9-19-41(35)55(42)34-22-24-37-36-17-8-10-20-43(36)56-44(37)29-34/h1-30H/q+1. The Morgan fingerprint density at radius 3 is 1.96 bits per heavy atom. The van der Waals surface area contributed by atoms with Gasteiger partial charge in [0.15, 0.2) is 29.9 Å². The van der Waals surface area contributed by atoms with Crippen LogP contribution in [0.1, 0.15) is 0 Å². The third kappa shape index (κ3) is 5.10. The quantitative estimate of drug-likeness (QED) is 0.164. The molecule has 7 heteroatoms. The zero-order valence-electron chi connectivity index (χ0n) is 30.4. The molecule has 0 saturated carbocycles. The molecule has 0 amide bonds. The number of furan rings is 1. The average Bonchev–Trinajstić information content (AvgIpc) is 3.95. The Morgan fingerprint density at radius 2 is 1.16 bits per heavy atom. The van der Waals surface area contributed by atoms with Gasteiger partial charge >= 0.3 is 0 Å². The Hall–Kier alpha value is -7.48. The van der Waals surface area contributed by atoms with Crippen LogP contribution in [-0.4, -0.2) is 19.5 Å². The van der Waals surface area contributed by atoms with E-state index in [2.05, 4.69) is 119 Å². The molecular weight excluding hydrogens is 719 g/mol. The van der Waals surface area contributed by atoms with Crippen molar-refractivity contribution >= 4 is 75.3 Å². The maximum absolute atomic E-state index is 6.31. The van der Waals surface area contributed by atoms with E-state index in [9.17, 15) is 0 Å². The molecule has 0 bridgehead atoms. The summed E-state index contributed by atoms with van der Waals surface area (Å²) in [7, 11) is 0. The van der Waals surface area contributed by atoms with Crippen LogP contribution in [0.5, 0.6) is 0 Å². The first-order chi connectivity index (χ1) is 28.2. The van der Waals surface area contributed by atoms with E-state index in [1.54, 1.807) is 11.3 Å². The SMILES string of the molecule is c1ccc(-c2nc(-c3ccccc3)nc(-c3cccc4sc5cc[n+](-c6ccc7c(c6)c6ccccc6n7-c6ccc7c(c6)oc6ccccc67)cc5c34)n2)cc1. The predicted octanol–water partition coefficient (Wildman–Crippen LogP) is 12.5. The fraction of sp³-hybridized carbons (Fsp3) is 0. The van der Waals surface area contributed by atoms with Crippen LogP contribution < -0.4 is 4.57 Å². The zero-order chi connectivity index (χ0) is 37.5. The molecule has 5 aromatic heterocycles. The summed E-state index contributed by atoms with van der Waals surface area (Å²) < 4.78 is 13.3. The Balaban J connectivity index is 1.02. The predicted molar refractivity (Wildman–Crippen MR) is 232 cm³/mol. The topological polar surface area (TPSA) is 60.6 Å². The van der Waals surface area contributed by atoms with E-state index >= 15 is 0 Å². The average molecular weight is 749 g/mol. The van der Waals surface area contributed by atoms with Gasteiger partial charge in [-0.2, -0.15) is 4.57 Å². The van der Waals surface area contributed by atoms with Gasteiger partial charge in [-0.1, -0.05) is 109 Å². The molecule has 0 aliphatic carbocycles. The lowest BCUT2D eigenvalue weighted by Gasteiger charge is -2.09. The van der Waals surface area contributed by atoms with Crippen molar-refractivity contribution in [3.63, 3.8) is 0 Å². The minimum absolute atomic E-state index is 0.649. The first-order valence-corrected chi connectivity index (χ1v) is 19.7. The van der Waals surface area contributed by atoms with Gasteiger partial charge in [0.1, 0.15) is 11.2 Å². The smallest absolute Gasteiger partial charge is 0.211 e. The molecule has 12 rings (SSSR count). The number of benzene rings is 7. The van der Waals surface area contributed by atoms with Crippen molar-refractivity contribution in [3.8, 4) is 45.5 Å². The largest absolute Gasteiger partial charge is 0.456 e. The number of hydrogen-bond acceptors (Lipinski definition) is 5. The number of hydrogen-bond donors (Lipinski definition) is 0. The van der Waals surface area contributed by atoms with Crippen molar-refractivity contribution in [3.05, 3.63) is 182 Å². The molecule has 0 aliphatic heterocycles. The zero-order valence-corrected chi connectivity index (χ0v) is 31.2. The maximum atomic E-state index is 6.31. The van der Waals surface area contributed by atoms with Gasteiger partial charge in [-0.05, 0) is 36.4 Å². The fourth-order valence-electron chi connectivity index (χ4n) is 8.30. The molecule has 0 fully saturated rings. The van der Waals surface area contributed by atoms with Crippen LogP contribution in [0.15, 0.2) is 187 Å². The van der Waals surface area contributed by atoms with Gasteiger partial charge in [0.25, 0.3) is 0 Å². The minimum atomic E-state index is 0.649. The molecule has 6 nitrogen and oxygen atoms in total. The summed E-state index contributed by atoms with van der Waals surface area (Å²) in [6.45, 7) is 0. The lowest BCUT2D eigenvalue weighted by atomic mass is 10.1. The number of fused-ring (bicyclic) bond motifs is 9. The lowest BCUT2D eigenvalue weighted by Crippen LogP contribution is -2.29. The van der Waals surface area contributed by atoms with Crippen molar-refractivity contribution in [1.29, 1.82) is 0 Å². The number of pyridine rings is 1. The van der Waals surface area contributed by atoms with Gasteiger partial charge in [-0.3, -0.25) is 0 Å². The van der Waals surface area contributed by atoms with E-state index in [-0.39, 0.29) is 0 Å². The van der Waals surface area contributed by atoms with Gasteiger partial charge in [-0.15, -0.1) is 11.3 Å². The van der Waals surface area contributed by atoms with Crippen LogP contribution in [-0.2, 0) is 0 Å². The number of rotatable bonds is 5. The lowest BCUT2D eigenvalue weighted by molar-refractivity contribution is -0.594. The highest BCUT2D eigenvalue weighted by Crippen LogP contribution is 2.40. The molecule has 0 aliphatic rings. The fourth-order valence-corrected chi connectivity index (χ4v) is 9.40. The molecule has 0 unspecified atom stereocenters. The second-order valence-corrected chi connectivity index (χ2v) is 15.4. The van der Waals surface area contributed by atoms with E-state index < -0.39 is 0 Å². The van der Waals surface area contributed by atoms with Crippen LogP contribution in [0.3, 0.4) is 0 Å². The highest BCUT2D eigenvalue weighted by molar-refractivity contribution is 7.25. The number of thiophene rings is 1. The molecule has 5 heterocycles. The van der Waals surface area contributed by atoms with E-state index in [4.69, 9.17) is 19.4 Å². The van der Waals surface area contributed by atoms with Crippen molar-refractivity contribution in [2.45, 2.75) is 0 Å². The summed E-state index contributed by atoms with van der Waals surface area (Å²) in [6, 6.07) is 59.1. The highest BCUT2D eigenvalue weighted by Gasteiger charge is 2.21. The van der Waals surface area contributed by atoms with Crippen molar-refractivity contribution in [2.24, 2.45) is 0 Å². The van der Waals surface area contributed by atoms with Gasteiger partial charge in [0.05, 0.1) is 16.4 Å². The molecule has 0 atom stereocenters. The normalized spacial score (nSPS) is 11.9. The van der Waals surface area contributed by atoms with Crippen LogP contribution in [0.4, 0.5) is 0 Å². The Morgan fingerprint density at radius 1 is 0.474 bits per heavy atom. The van der Waals surface area contributed by atoms with E-state index in [1.165, 1.54) is 20.2 Å². The molecule has 0 N–H and O–H groups in total. The molecular formula is C50H30N5OS+. The molecule has 7 aromatic carbocycles. The van der Waals surface area contributed by atoms with E-state index in [1.807, 2.05) is 72.8 Å². The van der Waals surface area contributed by atoms with Crippen molar-refractivity contribution < 1.29 is 8.98 Å².